The molecule has 0 aromatic carbocycles. The fraction of sp³-hybridized carbons (Fsp3) is 0.893. The zero-order valence-corrected chi connectivity index (χ0v) is 21.9. The lowest BCUT2D eigenvalue weighted by atomic mass is 9.44. The highest BCUT2D eigenvalue weighted by Crippen LogP contribution is 2.68. The zero-order valence-electron chi connectivity index (χ0n) is 21.1. The molecule has 3 nitrogen and oxygen atoms in total. The highest BCUT2D eigenvalue weighted by Gasteiger charge is 2.60. The summed E-state index contributed by atoms with van der Waals surface area (Å²) in [7, 11) is 4.42. The standard InChI is InChI=1S/C28H45NO2S/c1-18(29(4)5)17-32-21-10-12-27(2)20(15-21)6-7-22-24-9-8-23(19-14-26(30)31-16-19)28(24,3)13-11-25(22)27/h14,18,20-25H,6-13,15-17H2,1-5H3/t18?,20-,21+,22+,23-,24+,25+,27+,28-/m1/s1. The van der Waals surface area contributed by atoms with Crippen molar-refractivity contribution in [3.63, 3.8) is 0 Å². The van der Waals surface area contributed by atoms with E-state index < -0.39 is 0 Å². The third kappa shape index (κ3) is 3.80. The molecule has 9 atom stereocenters. The maximum absolute atomic E-state index is 11.7. The van der Waals surface area contributed by atoms with Gasteiger partial charge >= 0.3 is 5.97 Å². The van der Waals surface area contributed by atoms with Gasteiger partial charge in [-0.2, -0.15) is 11.8 Å². The van der Waals surface area contributed by atoms with Crippen LogP contribution in [0.1, 0.15) is 78.6 Å². The highest BCUT2D eigenvalue weighted by molar-refractivity contribution is 7.99. The zero-order chi connectivity index (χ0) is 22.7. The van der Waals surface area contributed by atoms with Crippen molar-refractivity contribution in [2.45, 2.75) is 89.9 Å². The Labute approximate surface area is 200 Å². The second-order valence-corrected chi connectivity index (χ2v) is 14.0. The molecule has 1 heterocycles. The lowest BCUT2D eigenvalue weighted by Crippen LogP contribution is -2.53. The highest BCUT2D eigenvalue weighted by atomic mass is 32.2. The molecule has 0 N–H and O–H groups in total. The van der Waals surface area contributed by atoms with Crippen LogP contribution in [0.5, 0.6) is 0 Å². The van der Waals surface area contributed by atoms with Crippen molar-refractivity contribution in [2.24, 2.45) is 40.4 Å². The fourth-order valence-corrected chi connectivity index (χ4v) is 10.5. The molecule has 5 aliphatic rings. The Bertz CT molecular complexity index is 765. The molecule has 32 heavy (non-hydrogen) atoms. The van der Waals surface area contributed by atoms with Gasteiger partial charge in [-0.05, 0) is 125 Å². The van der Waals surface area contributed by atoms with Crippen molar-refractivity contribution in [1.82, 2.24) is 4.90 Å². The molecule has 5 rings (SSSR count). The molecular formula is C28H45NO2S. The summed E-state index contributed by atoms with van der Waals surface area (Å²) in [6.07, 6.45) is 14.5. The molecule has 0 amide bonds. The summed E-state index contributed by atoms with van der Waals surface area (Å²) in [5.41, 5.74) is 2.26. The summed E-state index contributed by atoms with van der Waals surface area (Å²) in [6, 6.07) is 0.672. The second kappa shape index (κ2) is 8.63. The monoisotopic (exact) mass is 459 g/mol. The van der Waals surface area contributed by atoms with Crippen LogP contribution in [0.15, 0.2) is 11.6 Å². The third-order valence-corrected chi connectivity index (χ3v) is 12.8. The quantitative estimate of drug-likeness (QED) is 0.459. The number of ether oxygens (including phenoxy) is 1. The van der Waals surface area contributed by atoms with Crippen LogP contribution in [0, 0.1) is 40.4 Å². The van der Waals surface area contributed by atoms with Crippen molar-refractivity contribution >= 4 is 17.7 Å². The van der Waals surface area contributed by atoms with Gasteiger partial charge in [-0.25, -0.2) is 4.79 Å². The molecule has 0 saturated heterocycles. The normalized spacial score (nSPS) is 46.8. The molecule has 4 heteroatoms. The molecule has 0 aromatic rings. The number of carbonyl (C=O) groups is 1. The van der Waals surface area contributed by atoms with Gasteiger partial charge in [0.25, 0.3) is 0 Å². The van der Waals surface area contributed by atoms with Crippen molar-refractivity contribution in [2.75, 3.05) is 26.5 Å². The largest absolute Gasteiger partial charge is 0.458 e. The molecule has 1 unspecified atom stereocenters. The van der Waals surface area contributed by atoms with Gasteiger partial charge in [0.1, 0.15) is 6.61 Å². The molecule has 0 aromatic heterocycles. The molecule has 4 saturated carbocycles. The Morgan fingerprint density at radius 1 is 1.06 bits per heavy atom. The van der Waals surface area contributed by atoms with E-state index in [4.69, 9.17) is 4.74 Å². The SMILES string of the molecule is CC(CS[C@H]1CC[C@@]2(C)[C@H](CC[C@@H]3[C@@H]2CC[C@]2(C)[C@@H](C4=CC(=O)OC4)CC[C@@H]32)C1)N(C)C. The first-order chi connectivity index (χ1) is 15.2. The van der Waals surface area contributed by atoms with Crippen LogP contribution >= 0.6 is 11.8 Å². The summed E-state index contributed by atoms with van der Waals surface area (Å²) in [5.74, 6) is 5.39. The van der Waals surface area contributed by atoms with Gasteiger partial charge in [-0.3, -0.25) is 0 Å². The molecule has 0 spiro atoms. The van der Waals surface area contributed by atoms with Crippen LogP contribution in [0.2, 0.25) is 0 Å². The van der Waals surface area contributed by atoms with Crippen molar-refractivity contribution in [3.8, 4) is 0 Å². The summed E-state index contributed by atoms with van der Waals surface area (Å²) in [4.78, 5) is 14.1. The predicted octanol–water partition coefficient (Wildman–Crippen LogP) is 6.18. The number of hydrogen-bond donors (Lipinski definition) is 0. The maximum Gasteiger partial charge on any atom is 0.331 e. The summed E-state index contributed by atoms with van der Waals surface area (Å²) >= 11 is 2.26. The predicted molar refractivity (Wildman–Crippen MR) is 134 cm³/mol. The van der Waals surface area contributed by atoms with E-state index in [1.54, 1.807) is 0 Å². The molecule has 0 radical (unpaired) electrons. The van der Waals surface area contributed by atoms with E-state index >= 15 is 0 Å². The number of nitrogens with zero attached hydrogens (tertiary/aromatic N) is 1. The lowest BCUT2D eigenvalue weighted by Gasteiger charge is -2.61. The third-order valence-electron chi connectivity index (χ3n) is 11.2. The van der Waals surface area contributed by atoms with Crippen LogP contribution in [-0.2, 0) is 9.53 Å². The second-order valence-electron chi connectivity index (χ2n) is 12.7. The number of cyclic esters (lactones) is 1. The van der Waals surface area contributed by atoms with Crippen LogP contribution in [0.3, 0.4) is 0 Å². The molecule has 1 aliphatic heterocycles. The van der Waals surface area contributed by atoms with Crippen LogP contribution in [-0.4, -0.2) is 48.6 Å². The lowest BCUT2D eigenvalue weighted by molar-refractivity contribution is -0.135. The topological polar surface area (TPSA) is 29.5 Å². The van der Waals surface area contributed by atoms with Crippen molar-refractivity contribution in [1.29, 1.82) is 0 Å². The van der Waals surface area contributed by atoms with E-state index in [0.29, 0.717) is 29.4 Å². The average molecular weight is 460 g/mol. The summed E-state index contributed by atoms with van der Waals surface area (Å²) in [6.45, 7) is 8.19. The first-order valence-corrected chi connectivity index (χ1v) is 14.4. The van der Waals surface area contributed by atoms with E-state index in [2.05, 4.69) is 51.5 Å². The summed E-state index contributed by atoms with van der Waals surface area (Å²) < 4.78 is 5.32. The number of hydrogen-bond acceptors (Lipinski definition) is 4. The minimum absolute atomic E-state index is 0.108. The van der Waals surface area contributed by atoms with Gasteiger partial charge in [0.05, 0.1) is 0 Å². The number of carbonyl (C=O) groups excluding carboxylic acids is 1. The van der Waals surface area contributed by atoms with Gasteiger partial charge in [-0.15, -0.1) is 0 Å². The van der Waals surface area contributed by atoms with E-state index in [1.165, 1.54) is 69.1 Å². The Kier molecular flexibility index (Phi) is 6.27. The van der Waals surface area contributed by atoms with Crippen molar-refractivity contribution < 1.29 is 9.53 Å². The van der Waals surface area contributed by atoms with Gasteiger partial charge in [0.15, 0.2) is 0 Å². The number of fused-ring (bicyclic) bond motifs is 5. The molecule has 4 fully saturated rings. The fourth-order valence-electron chi connectivity index (χ4n) is 8.99. The molecule has 180 valence electrons. The first-order valence-electron chi connectivity index (χ1n) is 13.4. The molecule has 4 aliphatic carbocycles. The number of rotatable bonds is 5. The Hall–Kier alpha value is -0.480. The van der Waals surface area contributed by atoms with E-state index in [1.807, 2.05) is 6.08 Å². The van der Waals surface area contributed by atoms with Crippen molar-refractivity contribution in [3.05, 3.63) is 11.6 Å². The average Bonchev–Trinajstić information content (AvgIpc) is 3.34. The summed E-state index contributed by atoms with van der Waals surface area (Å²) in [5, 5.41) is 0.878. The Balaban J connectivity index is 1.27. The van der Waals surface area contributed by atoms with Gasteiger partial charge in [-0.1, -0.05) is 13.8 Å². The van der Waals surface area contributed by atoms with Crippen LogP contribution < -0.4 is 0 Å². The number of thioether (sulfide) groups is 1. The van der Waals surface area contributed by atoms with Crippen LogP contribution in [0.25, 0.3) is 0 Å². The Morgan fingerprint density at radius 3 is 2.53 bits per heavy atom. The van der Waals surface area contributed by atoms with E-state index in [0.717, 1.165) is 28.9 Å². The maximum atomic E-state index is 11.7. The molecular weight excluding hydrogens is 414 g/mol. The molecule has 0 bridgehead atoms. The smallest absolute Gasteiger partial charge is 0.331 e. The number of esters is 1. The van der Waals surface area contributed by atoms with Gasteiger partial charge in [0.2, 0.25) is 0 Å². The van der Waals surface area contributed by atoms with Crippen LogP contribution in [0.4, 0.5) is 0 Å². The van der Waals surface area contributed by atoms with E-state index in [-0.39, 0.29) is 5.97 Å². The Morgan fingerprint density at radius 2 is 1.81 bits per heavy atom. The minimum Gasteiger partial charge on any atom is -0.458 e. The van der Waals surface area contributed by atoms with Gasteiger partial charge in [0, 0.05) is 23.1 Å². The van der Waals surface area contributed by atoms with E-state index in [9.17, 15) is 4.79 Å². The van der Waals surface area contributed by atoms with Gasteiger partial charge < -0.3 is 9.64 Å². The first kappa shape index (κ1) is 23.3. The minimum atomic E-state index is -0.108.